The number of rotatable bonds is 1. The minimum Gasteiger partial charge on any atom is -0.370 e. The molecule has 7 heteroatoms. The highest BCUT2D eigenvalue weighted by molar-refractivity contribution is 6.31. The number of amides is 2. The number of nitrogens with two attached hydrogens (primary N) is 1. The van der Waals surface area contributed by atoms with Crippen LogP contribution in [0.1, 0.15) is 5.56 Å². The van der Waals surface area contributed by atoms with Gasteiger partial charge in [0.25, 0.3) is 0 Å². The van der Waals surface area contributed by atoms with E-state index in [9.17, 15) is 4.79 Å². The monoisotopic (exact) mass is 251 g/mol. The fraction of sp³-hybridized carbons (Fsp3) is 0.100. The Labute approximate surface area is 103 Å². The van der Waals surface area contributed by atoms with Crippen LogP contribution in [0.5, 0.6) is 0 Å². The summed E-state index contributed by atoms with van der Waals surface area (Å²) in [4.78, 5) is 14.9. The Balaban J connectivity index is 2.76. The maximum Gasteiger partial charge on any atom is 0.325 e. The molecule has 0 saturated heterocycles. The number of hydrogen-bond donors (Lipinski definition) is 3. The molecule has 1 aromatic carbocycles. The van der Waals surface area contributed by atoms with Gasteiger partial charge in [-0.25, -0.2) is 4.79 Å². The first-order valence-electron chi connectivity index (χ1n) is 4.56. The summed E-state index contributed by atoms with van der Waals surface area (Å²) in [6.07, 6.45) is 0. The average Bonchev–Trinajstić information content (AvgIpc) is 2.31. The lowest BCUT2D eigenvalue weighted by Gasteiger charge is -2.07. The molecule has 0 heterocycles. The van der Waals surface area contributed by atoms with Crippen molar-refractivity contribution in [2.24, 2.45) is 10.7 Å². The zero-order chi connectivity index (χ0) is 12.8. The average molecular weight is 252 g/mol. The SMILES string of the molecule is CN=C(N)NC(=O)Nc1ccc(Cl)c(C#N)c1. The molecule has 0 radical (unpaired) electrons. The molecule has 0 spiro atoms. The van der Waals surface area contributed by atoms with E-state index < -0.39 is 6.03 Å². The third kappa shape index (κ3) is 3.66. The highest BCUT2D eigenvalue weighted by Gasteiger charge is 2.05. The fourth-order valence-corrected chi connectivity index (χ4v) is 1.18. The molecular formula is C10H10ClN5O. The van der Waals surface area contributed by atoms with E-state index in [1.54, 1.807) is 6.07 Å². The van der Waals surface area contributed by atoms with E-state index >= 15 is 0 Å². The van der Waals surface area contributed by atoms with Crippen molar-refractivity contribution in [3.05, 3.63) is 28.8 Å². The molecule has 4 N–H and O–H groups in total. The standard InChI is InChI=1S/C10H10ClN5O/c1-14-9(13)16-10(17)15-7-2-3-8(11)6(4-7)5-12/h2-4H,1H3,(H4,13,14,15,16,17). The lowest BCUT2D eigenvalue weighted by atomic mass is 10.2. The number of anilines is 1. The Hall–Kier alpha value is -2.26. The van der Waals surface area contributed by atoms with Crippen molar-refractivity contribution in [3.63, 3.8) is 0 Å². The van der Waals surface area contributed by atoms with Crippen LogP contribution < -0.4 is 16.4 Å². The number of carbonyl (C=O) groups excluding carboxylic acids is 1. The highest BCUT2D eigenvalue weighted by Crippen LogP contribution is 2.19. The number of halogens is 1. The van der Waals surface area contributed by atoms with Gasteiger partial charge in [-0.3, -0.25) is 10.3 Å². The van der Waals surface area contributed by atoms with Gasteiger partial charge in [0.15, 0.2) is 5.96 Å². The third-order valence-electron chi connectivity index (χ3n) is 1.83. The predicted molar refractivity (Wildman–Crippen MR) is 65.9 cm³/mol. The van der Waals surface area contributed by atoms with Crippen molar-refractivity contribution < 1.29 is 4.79 Å². The van der Waals surface area contributed by atoms with Crippen LogP contribution in [0.2, 0.25) is 5.02 Å². The molecule has 1 rings (SSSR count). The van der Waals surface area contributed by atoms with Crippen molar-refractivity contribution >= 4 is 29.3 Å². The second-order valence-corrected chi connectivity index (χ2v) is 3.40. The summed E-state index contributed by atoms with van der Waals surface area (Å²) in [5.74, 6) is -0.00281. The molecule has 0 aliphatic heterocycles. The molecule has 88 valence electrons. The summed E-state index contributed by atoms with van der Waals surface area (Å²) in [5.41, 5.74) is 6.03. The first-order valence-corrected chi connectivity index (χ1v) is 4.94. The summed E-state index contributed by atoms with van der Waals surface area (Å²) in [7, 11) is 1.45. The minimum atomic E-state index is -0.542. The van der Waals surface area contributed by atoms with Crippen LogP contribution >= 0.6 is 11.6 Å². The number of nitrogens with one attached hydrogen (secondary N) is 2. The van der Waals surface area contributed by atoms with Gasteiger partial charge in [-0.2, -0.15) is 5.26 Å². The van der Waals surface area contributed by atoms with Crippen molar-refractivity contribution in [1.82, 2.24) is 5.32 Å². The van der Waals surface area contributed by atoms with E-state index in [1.807, 2.05) is 6.07 Å². The second kappa shape index (κ2) is 5.72. The quantitative estimate of drug-likeness (QED) is 0.517. The zero-order valence-electron chi connectivity index (χ0n) is 8.99. The zero-order valence-corrected chi connectivity index (χ0v) is 9.75. The van der Waals surface area contributed by atoms with Gasteiger partial charge >= 0.3 is 6.03 Å². The van der Waals surface area contributed by atoms with Gasteiger partial charge in [0.05, 0.1) is 10.6 Å². The maximum absolute atomic E-state index is 11.4. The lowest BCUT2D eigenvalue weighted by Crippen LogP contribution is -2.39. The van der Waals surface area contributed by atoms with E-state index in [2.05, 4.69) is 15.6 Å². The first-order chi connectivity index (χ1) is 8.06. The number of carbonyl (C=O) groups is 1. The Kier molecular flexibility index (Phi) is 4.31. The molecule has 0 atom stereocenters. The van der Waals surface area contributed by atoms with Crippen LogP contribution in [-0.4, -0.2) is 19.0 Å². The van der Waals surface area contributed by atoms with Gasteiger partial charge in [0.2, 0.25) is 0 Å². The molecule has 17 heavy (non-hydrogen) atoms. The summed E-state index contributed by atoms with van der Waals surface area (Å²) in [6, 6.07) is 5.92. The van der Waals surface area contributed by atoms with E-state index in [4.69, 9.17) is 22.6 Å². The van der Waals surface area contributed by atoms with Gasteiger partial charge in [-0.05, 0) is 18.2 Å². The van der Waals surface area contributed by atoms with Crippen molar-refractivity contribution in [2.45, 2.75) is 0 Å². The Morgan fingerprint density at radius 3 is 2.88 bits per heavy atom. The molecule has 1 aromatic rings. The van der Waals surface area contributed by atoms with Crippen molar-refractivity contribution in [3.8, 4) is 6.07 Å². The molecule has 2 amide bonds. The minimum absolute atomic E-state index is 0.00281. The maximum atomic E-state index is 11.4. The Morgan fingerprint density at radius 1 is 1.59 bits per heavy atom. The molecule has 0 aliphatic rings. The number of aliphatic imine (C=N–C) groups is 1. The first kappa shape index (κ1) is 12.8. The van der Waals surface area contributed by atoms with Crippen molar-refractivity contribution in [2.75, 3.05) is 12.4 Å². The van der Waals surface area contributed by atoms with Crippen LogP contribution in [0.4, 0.5) is 10.5 Å². The van der Waals surface area contributed by atoms with E-state index in [0.29, 0.717) is 10.7 Å². The summed E-state index contributed by atoms with van der Waals surface area (Å²) >= 11 is 5.75. The summed E-state index contributed by atoms with van der Waals surface area (Å²) < 4.78 is 0. The molecule has 0 aromatic heterocycles. The largest absolute Gasteiger partial charge is 0.370 e. The Morgan fingerprint density at radius 2 is 2.29 bits per heavy atom. The van der Waals surface area contributed by atoms with Crippen LogP contribution in [-0.2, 0) is 0 Å². The molecule has 0 aliphatic carbocycles. The number of benzene rings is 1. The van der Waals surface area contributed by atoms with Crippen LogP contribution in [0.15, 0.2) is 23.2 Å². The molecular weight excluding hydrogens is 242 g/mol. The van der Waals surface area contributed by atoms with Crippen LogP contribution in [0.3, 0.4) is 0 Å². The predicted octanol–water partition coefficient (Wildman–Crippen LogP) is 1.28. The number of urea groups is 1. The topological polar surface area (TPSA) is 103 Å². The normalized spacial score (nSPS) is 10.5. The van der Waals surface area contributed by atoms with E-state index in [1.165, 1.54) is 19.2 Å². The number of nitrogens with zero attached hydrogens (tertiary/aromatic N) is 2. The van der Waals surface area contributed by atoms with Gasteiger partial charge in [-0.15, -0.1) is 0 Å². The van der Waals surface area contributed by atoms with Gasteiger partial charge in [0.1, 0.15) is 6.07 Å². The fourth-order valence-electron chi connectivity index (χ4n) is 1.02. The smallest absolute Gasteiger partial charge is 0.325 e. The second-order valence-electron chi connectivity index (χ2n) is 2.99. The molecule has 0 saturated carbocycles. The van der Waals surface area contributed by atoms with E-state index in [0.717, 1.165) is 0 Å². The molecule has 0 fully saturated rings. The van der Waals surface area contributed by atoms with E-state index in [-0.39, 0.29) is 11.5 Å². The molecule has 0 unspecified atom stereocenters. The molecule has 0 bridgehead atoms. The van der Waals surface area contributed by atoms with Crippen molar-refractivity contribution in [1.29, 1.82) is 5.26 Å². The van der Waals surface area contributed by atoms with Gasteiger partial charge < -0.3 is 11.1 Å². The summed E-state index contributed by atoms with van der Waals surface area (Å²) in [6.45, 7) is 0. The van der Waals surface area contributed by atoms with Gasteiger partial charge in [0, 0.05) is 12.7 Å². The van der Waals surface area contributed by atoms with Crippen LogP contribution in [0, 0.1) is 11.3 Å². The highest BCUT2D eigenvalue weighted by atomic mass is 35.5. The summed E-state index contributed by atoms with van der Waals surface area (Å²) in [5, 5.41) is 13.9. The lowest BCUT2D eigenvalue weighted by molar-refractivity contribution is 0.256. The number of hydrogen-bond acceptors (Lipinski definition) is 3. The number of guanidine groups is 1. The van der Waals surface area contributed by atoms with Crippen LogP contribution in [0.25, 0.3) is 0 Å². The van der Waals surface area contributed by atoms with Gasteiger partial charge in [-0.1, -0.05) is 11.6 Å². The Bertz CT molecular complexity index is 506. The third-order valence-corrected chi connectivity index (χ3v) is 2.16. The molecule has 6 nitrogen and oxygen atoms in total. The number of nitriles is 1.